The van der Waals surface area contributed by atoms with Crippen LogP contribution in [0, 0.1) is 0 Å². The molecular formula is C36H75N7. The zero-order chi connectivity index (χ0) is 30.4. The fourth-order valence-corrected chi connectivity index (χ4v) is 6.91. The van der Waals surface area contributed by atoms with E-state index in [4.69, 9.17) is 0 Å². The molecule has 0 aliphatic carbocycles. The number of nitrogens with one attached hydrogen (secondary N) is 3. The first-order chi connectivity index (χ1) is 21.2. The summed E-state index contributed by atoms with van der Waals surface area (Å²) in [7, 11) is 6.55. The number of rotatable bonds is 33. The molecule has 0 radical (unpaired) electrons. The summed E-state index contributed by atoms with van der Waals surface area (Å²) in [4.78, 5) is 10.5. The highest BCUT2D eigenvalue weighted by molar-refractivity contribution is 4.75. The van der Waals surface area contributed by atoms with E-state index in [1.807, 2.05) is 0 Å². The molecule has 3 aliphatic rings. The van der Waals surface area contributed by atoms with Crippen molar-refractivity contribution in [1.29, 1.82) is 0 Å². The standard InChI is InChI=1S/C36H75N7/c1-37-34(16-7-4-10-22-41-28-29-41)19-13-25-40(26-14-20-35(38-2)17-8-5-11-23-42-30-31-42)27-15-21-36(39-3)18-9-6-12-24-43-32-33-43/h34-39H,4-33H2,1-3H3. The Morgan fingerprint density at radius 3 is 0.930 bits per heavy atom. The molecule has 3 unspecified atom stereocenters. The lowest BCUT2D eigenvalue weighted by molar-refractivity contribution is 0.242. The lowest BCUT2D eigenvalue weighted by Gasteiger charge is -2.26. The van der Waals surface area contributed by atoms with Crippen LogP contribution in [0.25, 0.3) is 0 Å². The first-order valence-corrected chi connectivity index (χ1v) is 19.1. The molecule has 3 atom stereocenters. The van der Waals surface area contributed by atoms with Gasteiger partial charge in [-0.05, 0) is 137 Å². The van der Waals surface area contributed by atoms with E-state index in [1.165, 1.54) is 194 Å². The fourth-order valence-electron chi connectivity index (χ4n) is 6.91. The fraction of sp³-hybridized carbons (Fsp3) is 1.00. The van der Waals surface area contributed by atoms with Crippen molar-refractivity contribution in [2.24, 2.45) is 0 Å². The van der Waals surface area contributed by atoms with E-state index < -0.39 is 0 Å². The van der Waals surface area contributed by atoms with Crippen molar-refractivity contribution in [3.63, 3.8) is 0 Å². The van der Waals surface area contributed by atoms with Crippen molar-refractivity contribution in [2.75, 3.05) is 99.7 Å². The summed E-state index contributed by atoms with van der Waals surface area (Å²) in [5, 5.41) is 10.9. The Morgan fingerprint density at radius 1 is 0.395 bits per heavy atom. The molecule has 0 saturated carbocycles. The number of hydrogen-bond acceptors (Lipinski definition) is 7. The number of nitrogens with zero attached hydrogens (tertiary/aromatic N) is 4. The maximum absolute atomic E-state index is 3.64. The van der Waals surface area contributed by atoms with E-state index in [1.54, 1.807) is 0 Å². The van der Waals surface area contributed by atoms with Crippen LogP contribution in [0.3, 0.4) is 0 Å². The Hall–Kier alpha value is -0.280. The highest BCUT2D eigenvalue weighted by Crippen LogP contribution is 2.16. The van der Waals surface area contributed by atoms with Crippen LogP contribution in [0.5, 0.6) is 0 Å². The molecule has 0 aromatic carbocycles. The molecule has 0 aromatic rings. The van der Waals surface area contributed by atoms with Gasteiger partial charge >= 0.3 is 0 Å². The van der Waals surface area contributed by atoms with Crippen molar-refractivity contribution in [3.05, 3.63) is 0 Å². The van der Waals surface area contributed by atoms with E-state index in [0.717, 1.165) is 0 Å². The predicted octanol–water partition coefficient (Wildman–Crippen LogP) is 5.02. The van der Waals surface area contributed by atoms with Crippen LogP contribution in [0.15, 0.2) is 0 Å². The Balaban J connectivity index is 1.30. The molecule has 3 N–H and O–H groups in total. The predicted molar refractivity (Wildman–Crippen MR) is 187 cm³/mol. The zero-order valence-electron chi connectivity index (χ0n) is 29.2. The molecule has 3 heterocycles. The summed E-state index contributed by atoms with van der Waals surface area (Å²) in [5.74, 6) is 0. The minimum absolute atomic E-state index is 0.693. The van der Waals surface area contributed by atoms with Crippen molar-refractivity contribution in [1.82, 2.24) is 35.6 Å². The monoisotopic (exact) mass is 606 g/mol. The minimum Gasteiger partial charge on any atom is -0.317 e. The van der Waals surface area contributed by atoms with E-state index >= 15 is 0 Å². The SMILES string of the molecule is CNC(CCCCCN1CC1)CCCN(CCCC(CCCCCN1CC1)NC)CCCC(CCCCCN1CC1)NC. The first kappa shape index (κ1) is 37.2. The normalized spacial score (nSPS) is 19.3. The third kappa shape index (κ3) is 20.5. The second-order valence-electron chi connectivity index (χ2n) is 14.3. The topological polar surface area (TPSA) is 48.4 Å². The first-order valence-electron chi connectivity index (χ1n) is 19.1. The lowest BCUT2D eigenvalue weighted by atomic mass is 10.0. The lowest BCUT2D eigenvalue weighted by Crippen LogP contribution is -2.33. The summed E-state index contributed by atoms with van der Waals surface area (Å²) in [6.45, 7) is 15.9. The zero-order valence-corrected chi connectivity index (χ0v) is 29.2. The van der Waals surface area contributed by atoms with E-state index in [0.29, 0.717) is 18.1 Å². The molecule has 3 saturated heterocycles. The summed E-state index contributed by atoms with van der Waals surface area (Å²) in [6, 6.07) is 2.08. The van der Waals surface area contributed by atoms with Gasteiger partial charge < -0.3 is 35.6 Å². The van der Waals surface area contributed by atoms with Crippen LogP contribution >= 0.6 is 0 Å². The molecule has 0 amide bonds. The van der Waals surface area contributed by atoms with Gasteiger partial charge in [0, 0.05) is 57.4 Å². The molecule has 3 aliphatic heterocycles. The molecule has 0 aromatic heterocycles. The van der Waals surface area contributed by atoms with Gasteiger partial charge in [-0.1, -0.05) is 38.5 Å². The molecule has 254 valence electrons. The van der Waals surface area contributed by atoms with Crippen molar-refractivity contribution >= 4 is 0 Å². The largest absolute Gasteiger partial charge is 0.317 e. The van der Waals surface area contributed by atoms with Crippen molar-refractivity contribution in [2.45, 2.75) is 134 Å². The maximum atomic E-state index is 3.64. The summed E-state index contributed by atoms with van der Waals surface area (Å²) >= 11 is 0. The average Bonchev–Trinajstić information content (AvgIpc) is 3.86. The third-order valence-corrected chi connectivity index (χ3v) is 10.5. The van der Waals surface area contributed by atoms with Crippen molar-refractivity contribution in [3.8, 4) is 0 Å². The summed E-state index contributed by atoms with van der Waals surface area (Å²) < 4.78 is 0. The summed E-state index contributed by atoms with van der Waals surface area (Å²) in [6.07, 6.45) is 24.5. The third-order valence-electron chi connectivity index (χ3n) is 10.5. The number of unbranched alkanes of at least 4 members (excludes halogenated alkanes) is 6. The molecule has 0 spiro atoms. The number of hydrogen-bond donors (Lipinski definition) is 3. The van der Waals surface area contributed by atoms with Crippen LogP contribution in [0.2, 0.25) is 0 Å². The highest BCUT2D eigenvalue weighted by atomic mass is 15.3. The second-order valence-corrected chi connectivity index (χ2v) is 14.3. The molecule has 7 nitrogen and oxygen atoms in total. The van der Waals surface area contributed by atoms with E-state index in [2.05, 4.69) is 56.7 Å². The Morgan fingerprint density at radius 2 is 0.674 bits per heavy atom. The Kier molecular flexibility index (Phi) is 20.7. The van der Waals surface area contributed by atoms with Gasteiger partial charge in [0.1, 0.15) is 0 Å². The van der Waals surface area contributed by atoms with Gasteiger partial charge in [0.25, 0.3) is 0 Å². The molecule has 0 bridgehead atoms. The maximum Gasteiger partial charge on any atom is 0.0110 e. The van der Waals surface area contributed by atoms with Gasteiger partial charge in [0.15, 0.2) is 0 Å². The minimum atomic E-state index is 0.693. The van der Waals surface area contributed by atoms with Gasteiger partial charge in [-0.25, -0.2) is 0 Å². The van der Waals surface area contributed by atoms with Gasteiger partial charge in [-0.2, -0.15) is 0 Å². The van der Waals surface area contributed by atoms with Gasteiger partial charge in [-0.15, -0.1) is 0 Å². The van der Waals surface area contributed by atoms with Crippen LogP contribution in [0.4, 0.5) is 0 Å². The van der Waals surface area contributed by atoms with Crippen molar-refractivity contribution < 1.29 is 0 Å². The van der Waals surface area contributed by atoms with E-state index in [-0.39, 0.29) is 0 Å². The highest BCUT2D eigenvalue weighted by Gasteiger charge is 2.18. The molecule has 43 heavy (non-hydrogen) atoms. The smallest absolute Gasteiger partial charge is 0.0110 e. The second kappa shape index (κ2) is 24.0. The van der Waals surface area contributed by atoms with Crippen LogP contribution in [-0.4, -0.2) is 137 Å². The molecule has 3 rings (SSSR count). The van der Waals surface area contributed by atoms with Crippen LogP contribution in [-0.2, 0) is 0 Å². The quantitative estimate of drug-likeness (QED) is 0.0718. The molecular weight excluding hydrogens is 530 g/mol. The van der Waals surface area contributed by atoms with Crippen LogP contribution < -0.4 is 16.0 Å². The van der Waals surface area contributed by atoms with Gasteiger partial charge in [0.05, 0.1) is 0 Å². The molecule has 3 fully saturated rings. The molecule has 7 heteroatoms. The summed E-state index contributed by atoms with van der Waals surface area (Å²) in [5.41, 5.74) is 0. The van der Waals surface area contributed by atoms with Gasteiger partial charge in [-0.3, -0.25) is 0 Å². The van der Waals surface area contributed by atoms with E-state index in [9.17, 15) is 0 Å². The Bertz CT molecular complexity index is 552. The average molecular weight is 606 g/mol. The Labute approximate surface area is 268 Å². The van der Waals surface area contributed by atoms with Crippen LogP contribution in [0.1, 0.15) is 116 Å². The van der Waals surface area contributed by atoms with Gasteiger partial charge in [0.2, 0.25) is 0 Å².